The second-order valence-corrected chi connectivity index (χ2v) is 13.6. The number of benzene rings is 8. The van der Waals surface area contributed by atoms with Gasteiger partial charge in [-0.3, -0.25) is 0 Å². The van der Waals surface area contributed by atoms with Crippen LogP contribution >= 0.6 is 11.3 Å². The standard InChI is InChI=1S/C46H29NOS/c1-2-14-34(15-3-1)47(36-17-9-13-33(28-36)37-20-10-22-43-45(37)41-19-6-7-21-42(41)48-43)35-16-8-12-31(27-35)32-24-25-39-40-26-23-30-11-4-5-18-38(30)46(40)49-44(39)29-32/h1-29H. The Bertz CT molecular complexity index is 2840. The molecule has 8 aromatic carbocycles. The molecule has 0 aliphatic heterocycles. The van der Waals surface area contributed by atoms with Crippen LogP contribution in [0.15, 0.2) is 180 Å². The van der Waals surface area contributed by atoms with E-state index in [1.807, 2.05) is 23.5 Å². The molecule has 0 amide bonds. The topological polar surface area (TPSA) is 16.4 Å². The summed E-state index contributed by atoms with van der Waals surface area (Å²) in [4.78, 5) is 2.35. The molecule has 0 N–H and O–H groups in total. The van der Waals surface area contributed by atoms with Gasteiger partial charge in [-0.25, -0.2) is 0 Å². The number of para-hydroxylation sites is 2. The maximum Gasteiger partial charge on any atom is 0.136 e. The van der Waals surface area contributed by atoms with Crippen molar-refractivity contribution in [2.75, 3.05) is 4.90 Å². The van der Waals surface area contributed by atoms with Crippen molar-refractivity contribution in [2.24, 2.45) is 0 Å². The van der Waals surface area contributed by atoms with Crippen molar-refractivity contribution in [1.29, 1.82) is 0 Å². The Labute approximate surface area is 287 Å². The highest BCUT2D eigenvalue weighted by atomic mass is 32.1. The van der Waals surface area contributed by atoms with E-state index < -0.39 is 0 Å². The van der Waals surface area contributed by atoms with Crippen molar-refractivity contribution in [3.05, 3.63) is 176 Å². The molecular formula is C46H29NOS. The van der Waals surface area contributed by atoms with Crippen molar-refractivity contribution >= 4 is 81.3 Å². The molecule has 10 rings (SSSR count). The van der Waals surface area contributed by atoms with E-state index in [9.17, 15) is 0 Å². The summed E-state index contributed by atoms with van der Waals surface area (Å²) in [5, 5.41) is 7.53. The molecule has 3 heteroatoms. The van der Waals surface area contributed by atoms with Crippen molar-refractivity contribution in [1.82, 2.24) is 0 Å². The van der Waals surface area contributed by atoms with E-state index in [1.165, 1.54) is 42.1 Å². The van der Waals surface area contributed by atoms with Crippen LogP contribution in [0.5, 0.6) is 0 Å². The van der Waals surface area contributed by atoms with Gasteiger partial charge in [0.15, 0.2) is 0 Å². The summed E-state index contributed by atoms with van der Waals surface area (Å²) >= 11 is 1.89. The number of anilines is 3. The molecule has 0 aliphatic rings. The molecule has 0 fully saturated rings. The molecular weight excluding hydrogens is 615 g/mol. The average Bonchev–Trinajstić information content (AvgIpc) is 3.74. The number of thiophene rings is 1. The minimum Gasteiger partial charge on any atom is -0.456 e. The maximum absolute atomic E-state index is 6.24. The van der Waals surface area contributed by atoms with Gasteiger partial charge >= 0.3 is 0 Å². The number of hydrogen-bond donors (Lipinski definition) is 0. The molecule has 0 saturated carbocycles. The zero-order chi connectivity index (χ0) is 32.3. The average molecular weight is 644 g/mol. The summed E-state index contributed by atoms with van der Waals surface area (Å²) in [5.74, 6) is 0. The lowest BCUT2D eigenvalue weighted by atomic mass is 9.98. The summed E-state index contributed by atoms with van der Waals surface area (Å²) in [7, 11) is 0. The Morgan fingerprint density at radius 2 is 1.06 bits per heavy atom. The number of furan rings is 1. The highest BCUT2D eigenvalue weighted by Gasteiger charge is 2.17. The Morgan fingerprint density at radius 3 is 1.94 bits per heavy atom. The molecule has 230 valence electrons. The van der Waals surface area contributed by atoms with Crippen LogP contribution in [0.4, 0.5) is 17.1 Å². The molecule has 10 aromatic rings. The molecule has 49 heavy (non-hydrogen) atoms. The number of rotatable bonds is 5. The van der Waals surface area contributed by atoms with Gasteiger partial charge in [0, 0.05) is 48.0 Å². The molecule has 0 unspecified atom stereocenters. The van der Waals surface area contributed by atoms with Gasteiger partial charge < -0.3 is 9.32 Å². The fraction of sp³-hybridized carbons (Fsp3) is 0. The van der Waals surface area contributed by atoms with Crippen LogP contribution < -0.4 is 4.90 Å². The van der Waals surface area contributed by atoms with E-state index in [0.29, 0.717) is 0 Å². The molecule has 2 aromatic heterocycles. The lowest BCUT2D eigenvalue weighted by molar-refractivity contribution is 0.669. The lowest BCUT2D eigenvalue weighted by Gasteiger charge is -2.26. The summed E-state index contributed by atoms with van der Waals surface area (Å²) in [6.07, 6.45) is 0. The molecule has 0 spiro atoms. The van der Waals surface area contributed by atoms with Crippen LogP contribution in [-0.4, -0.2) is 0 Å². The van der Waals surface area contributed by atoms with E-state index >= 15 is 0 Å². The molecule has 0 atom stereocenters. The van der Waals surface area contributed by atoms with Crippen LogP contribution in [0.1, 0.15) is 0 Å². The molecule has 2 nitrogen and oxygen atoms in total. The minimum absolute atomic E-state index is 0.903. The zero-order valence-corrected chi connectivity index (χ0v) is 27.3. The van der Waals surface area contributed by atoms with Crippen molar-refractivity contribution < 1.29 is 4.42 Å². The van der Waals surface area contributed by atoms with Gasteiger partial charge in [0.25, 0.3) is 0 Å². The second-order valence-electron chi connectivity index (χ2n) is 12.5. The monoisotopic (exact) mass is 643 g/mol. The molecule has 2 heterocycles. The fourth-order valence-corrected chi connectivity index (χ4v) is 8.64. The van der Waals surface area contributed by atoms with Gasteiger partial charge in [-0.1, -0.05) is 121 Å². The zero-order valence-electron chi connectivity index (χ0n) is 26.5. The quantitative estimate of drug-likeness (QED) is 0.186. The summed E-state index contributed by atoms with van der Waals surface area (Å²) in [6.45, 7) is 0. The van der Waals surface area contributed by atoms with Crippen LogP contribution in [0, 0.1) is 0 Å². The van der Waals surface area contributed by atoms with E-state index in [0.717, 1.165) is 50.1 Å². The first-order valence-corrected chi connectivity index (χ1v) is 17.4. The number of nitrogens with zero attached hydrogens (tertiary/aromatic N) is 1. The molecule has 0 saturated heterocycles. The smallest absolute Gasteiger partial charge is 0.136 e. The van der Waals surface area contributed by atoms with Gasteiger partial charge in [0.1, 0.15) is 11.2 Å². The SMILES string of the molecule is c1ccc(N(c2cccc(-c3ccc4c(c3)sc3c5ccccc5ccc43)c2)c2cccc(-c3cccc4oc5ccccc5c34)c2)cc1. The predicted octanol–water partition coefficient (Wildman–Crippen LogP) is 13.9. The predicted molar refractivity (Wildman–Crippen MR) is 210 cm³/mol. The van der Waals surface area contributed by atoms with Crippen LogP contribution in [0.2, 0.25) is 0 Å². The largest absolute Gasteiger partial charge is 0.456 e. The Kier molecular flexibility index (Phi) is 6.39. The third kappa shape index (κ3) is 4.62. The summed E-state index contributed by atoms with van der Waals surface area (Å²) < 4.78 is 8.90. The number of fused-ring (bicyclic) bond motifs is 8. The summed E-state index contributed by atoms with van der Waals surface area (Å²) in [6, 6.07) is 63.2. The third-order valence-electron chi connectivity index (χ3n) is 9.63. The normalized spacial score (nSPS) is 11.7. The van der Waals surface area contributed by atoms with Gasteiger partial charge in [0.05, 0.1) is 0 Å². The second kappa shape index (κ2) is 11.2. The number of hydrogen-bond acceptors (Lipinski definition) is 3. The highest BCUT2D eigenvalue weighted by molar-refractivity contribution is 7.26. The fourth-order valence-electron chi connectivity index (χ4n) is 7.36. The molecule has 0 radical (unpaired) electrons. The van der Waals surface area contributed by atoms with E-state index in [1.54, 1.807) is 0 Å². The van der Waals surface area contributed by atoms with Crippen molar-refractivity contribution in [3.63, 3.8) is 0 Å². The lowest BCUT2D eigenvalue weighted by Crippen LogP contribution is -2.10. The van der Waals surface area contributed by atoms with Crippen LogP contribution in [0.3, 0.4) is 0 Å². The van der Waals surface area contributed by atoms with Gasteiger partial charge in [0.2, 0.25) is 0 Å². The maximum atomic E-state index is 6.24. The van der Waals surface area contributed by atoms with Gasteiger partial charge in [-0.2, -0.15) is 0 Å². The first-order valence-electron chi connectivity index (χ1n) is 16.6. The van der Waals surface area contributed by atoms with E-state index in [4.69, 9.17) is 4.42 Å². The first kappa shape index (κ1) is 27.9. The first-order chi connectivity index (χ1) is 24.3. The van der Waals surface area contributed by atoms with Crippen molar-refractivity contribution in [2.45, 2.75) is 0 Å². The minimum atomic E-state index is 0.903. The van der Waals surface area contributed by atoms with Crippen LogP contribution in [0.25, 0.3) is 75.1 Å². The van der Waals surface area contributed by atoms with E-state index in [2.05, 4.69) is 169 Å². The molecule has 0 aliphatic carbocycles. The Morgan fingerprint density at radius 1 is 0.408 bits per heavy atom. The highest BCUT2D eigenvalue weighted by Crippen LogP contribution is 2.43. The molecule has 0 bridgehead atoms. The van der Waals surface area contributed by atoms with E-state index in [-0.39, 0.29) is 0 Å². The third-order valence-corrected chi connectivity index (χ3v) is 10.8. The Balaban J connectivity index is 1.10. The van der Waals surface area contributed by atoms with Gasteiger partial charge in [-0.05, 0) is 87.6 Å². The van der Waals surface area contributed by atoms with Crippen molar-refractivity contribution in [3.8, 4) is 22.3 Å². The van der Waals surface area contributed by atoms with Gasteiger partial charge in [-0.15, -0.1) is 11.3 Å². The van der Waals surface area contributed by atoms with Crippen LogP contribution in [-0.2, 0) is 0 Å². The summed E-state index contributed by atoms with van der Waals surface area (Å²) in [5.41, 5.74) is 9.83. The Hall–Kier alpha value is -6.16.